The number of aryl methyl sites for hydroxylation is 1. The number of hydrogen-bond donors (Lipinski definition) is 1. The first-order chi connectivity index (χ1) is 5.79. The van der Waals surface area contributed by atoms with Gasteiger partial charge in [-0.05, 0) is 18.9 Å². The standard InChI is InChI=1S/C8H10N2O2/c11-8(12)6-2-1-5-10-7(6)3-4-9-10/h3-4,6H,1-2,5H2,(H,11,12)/t6-/m0/s1. The number of fused-ring (bicyclic) bond motifs is 1. The Labute approximate surface area is 69.8 Å². The Morgan fingerprint density at radius 1 is 1.75 bits per heavy atom. The highest BCUT2D eigenvalue weighted by Crippen LogP contribution is 2.26. The Balaban J connectivity index is 2.37. The average molecular weight is 166 g/mol. The van der Waals surface area contributed by atoms with Crippen LogP contribution in [0.15, 0.2) is 12.3 Å². The van der Waals surface area contributed by atoms with Crippen molar-refractivity contribution >= 4 is 5.97 Å². The molecule has 0 aliphatic carbocycles. The van der Waals surface area contributed by atoms with Crippen LogP contribution in [0.4, 0.5) is 0 Å². The highest BCUT2D eigenvalue weighted by Gasteiger charge is 2.26. The van der Waals surface area contributed by atoms with Crippen molar-refractivity contribution < 1.29 is 9.90 Å². The van der Waals surface area contributed by atoms with Crippen molar-refractivity contribution in [3.05, 3.63) is 18.0 Å². The molecule has 0 aromatic carbocycles. The molecule has 1 aliphatic heterocycles. The van der Waals surface area contributed by atoms with Gasteiger partial charge in [-0.15, -0.1) is 0 Å². The van der Waals surface area contributed by atoms with Crippen LogP contribution in [0.25, 0.3) is 0 Å². The van der Waals surface area contributed by atoms with Crippen molar-refractivity contribution in [1.82, 2.24) is 9.78 Å². The lowest BCUT2D eigenvalue weighted by Crippen LogP contribution is -2.21. The summed E-state index contributed by atoms with van der Waals surface area (Å²) in [5.74, 6) is -1.09. The van der Waals surface area contributed by atoms with Gasteiger partial charge >= 0.3 is 5.97 Å². The molecule has 1 aromatic rings. The quantitative estimate of drug-likeness (QED) is 0.672. The van der Waals surface area contributed by atoms with Crippen molar-refractivity contribution in [2.24, 2.45) is 0 Å². The minimum atomic E-state index is -0.739. The van der Waals surface area contributed by atoms with Gasteiger partial charge in [0.15, 0.2) is 0 Å². The Morgan fingerprint density at radius 3 is 3.33 bits per heavy atom. The fourth-order valence-corrected chi connectivity index (χ4v) is 1.67. The summed E-state index contributed by atoms with van der Waals surface area (Å²) in [6.07, 6.45) is 3.31. The third kappa shape index (κ3) is 0.995. The Morgan fingerprint density at radius 2 is 2.58 bits per heavy atom. The van der Waals surface area contributed by atoms with E-state index in [1.165, 1.54) is 0 Å². The largest absolute Gasteiger partial charge is 0.481 e. The fraction of sp³-hybridized carbons (Fsp3) is 0.500. The van der Waals surface area contributed by atoms with E-state index in [0.29, 0.717) is 0 Å². The van der Waals surface area contributed by atoms with E-state index in [2.05, 4.69) is 5.10 Å². The summed E-state index contributed by atoms with van der Waals surface area (Å²) in [6, 6.07) is 1.79. The predicted octanol–water partition coefficient (Wildman–Crippen LogP) is 0.845. The molecule has 0 spiro atoms. The van der Waals surface area contributed by atoms with E-state index < -0.39 is 5.97 Å². The topological polar surface area (TPSA) is 55.1 Å². The van der Waals surface area contributed by atoms with Crippen LogP contribution in [0.1, 0.15) is 24.5 Å². The number of rotatable bonds is 1. The second kappa shape index (κ2) is 2.62. The van der Waals surface area contributed by atoms with Crippen molar-refractivity contribution in [3.63, 3.8) is 0 Å². The van der Waals surface area contributed by atoms with Crippen LogP contribution in [-0.2, 0) is 11.3 Å². The lowest BCUT2D eigenvalue weighted by atomic mass is 9.97. The van der Waals surface area contributed by atoms with Gasteiger partial charge in [0.25, 0.3) is 0 Å². The number of carboxylic acids is 1. The fourth-order valence-electron chi connectivity index (χ4n) is 1.67. The minimum absolute atomic E-state index is 0.346. The van der Waals surface area contributed by atoms with E-state index in [1.807, 2.05) is 0 Å². The van der Waals surface area contributed by atoms with E-state index >= 15 is 0 Å². The molecule has 1 atom stereocenters. The Hall–Kier alpha value is -1.32. The van der Waals surface area contributed by atoms with E-state index in [-0.39, 0.29) is 5.92 Å². The Kier molecular flexibility index (Phi) is 1.60. The molecule has 4 heteroatoms. The van der Waals surface area contributed by atoms with Crippen molar-refractivity contribution in [1.29, 1.82) is 0 Å². The zero-order valence-electron chi connectivity index (χ0n) is 6.60. The van der Waals surface area contributed by atoms with Crippen molar-refractivity contribution in [3.8, 4) is 0 Å². The molecule has 0 bridgehead atoms. The monoisotopic (exact) mass is 166 g/mol. The molecule has 0 fully saturated rings. The Bertz CT molecular complexity index is 306. The summed E-state index contributed by atoms with van der Waals surface area (Å²) in [5, 5.41) is 12.9. The minimum Gasteiger partial charge on any atom is -0.481 e. The normalized spacial score (nSPS) is 21.8. The molecule has 12 heavy (non-hydrogen) atoms. The molecule has 0 radical (unpaired) electrons. The molecule has 64 valence electrons. The van der Waals surface area contributed by atoms with Crippen LogP contribution < -0.4 is 0 Å². The van der Waals surface area contributed by atoms with Gasteiger partial charge in [-0.2, -0.15) is 5.10 Å². The van der Waals surface area contributed by atoms with Crippen molar-refractivity contribution in [2.45, 2.75) is 25.3 Å². The highest BCUT2D eigenvalue weighted by molar-refractivity contribution is 5.75. The number of hydrogen-bond acceptors (Lipinski definition) is 2. The first-order valence-corrected chi connectivity index (χ1v) is 4.03. The maximum Gasteiger partial charge on any atom is 0.312 e. The van der Waals surface area contributed by atoms with E-state index in [1.54, 1.807) is 16.9 Å². The molecule has 1 N–H and O–H groups in total. The molecule has 2 heterocycles. The van der Waals surface area contributed by atoms with E-state index in [9.17, 15) is 4.79 Å². The number of aromatic nitrogens is 2. The third-order valence-electron chi connectivity index (χ3n) is 2.27. The molecule has 0 saturated heterocycles. The maximum absolute atomic E-state index is 10.8. The van der Waals surface area contributed by atoms with Gasteiger partial charge in [0.1, 0.15) is 0 Å². The van der Waals surface area contributed by atoms with Gasteiger partial charge in [0.2, 0.25) is 0 Å². The number of nitrogens with zero attached hydrogens (tertiary/aromatic N) is 2. The number of aliphatic carboxylic acids is 1. The van der Waals surface area contributed by atoms with Crippen LogP contribution in [0, 0.1) is 0 Å². The molecular weight excluding hydrogens is 156 g/mol. The average Bonchev–Trinajstić information content (AvgIpc) is 2.49. The van der Waals surface area contributed by atoms with Crippen LogP contribution in [0.3, 0.4) is 0 Å². The number of carbonyl (C=O) groups is 1. The molecular formula is C8H10N2O2. The SMILES string of the molecule is O=C(O)[C@H]1CCCn2nccc21. The van der Waals surface area contributed by atoms with Gasteiger partial charge in [0.05, 0.1) is 11.6 Å². The molecule has 0 saturated carbocycles. The second-order valence-corrected chi connectivity index (χ2v) is 3.01. The van der Waals surface area contributed by atoms with Gasteiger partial charge in [-0.3, -0.25) is 9.48 Å². The second-order valence-electron chi connectivity index (χ2n) is 3.01. The number of carboxylic acid groups (broad SMARTS) is 1. The maximum atomic E-state index is 10.8. The van der Waals surface area contributed by atoms with Crippen LogP contribution >= 0.6 is 0 Å². The van der Waals surface area contributed by atoms with E-state index in [4.69, 9.17) is 5.11 Å². The molecule has 1 aromatic heterocycles. The summed E-state index contributed by atoms with van der Waals surface area (Å²) in [7, 11) is 0. The zero-order chi connectivity index (χ0) is 8.55. The third-order valence-corrected chi connectivity index (χ3v) is 2.27. The molecule has 0 unspecified atom stereocenters. The summed E-state index contributed by atoms with van der Waals surface area (Å²) in [4.78, 5) is 10.8. The molecule has 0 amide bonds. The first-order valence-electron chi connectivity index (χ1n) is 4.03. The van der Waals surface area contributed by atoms with E-state index in [0.717, 1.165) is 25.1 Å². The summed E-state index contributed by atoms with van der Waals surface area (Å²) in [6.45, 7) is 0.853. The van der Waals surface area contributed by atoms with Crippen LogP contribution in [-0.4, -0.2) is 20.9 Å². The van der Waals surface area contributed by atoms with Gasteiger partial charge in [-0.1, -0.05) is 0 Å². The first kappa shape index (κ1) is 7.34. The summed E-state index contributed by atoms with van der Waals surface area (Å²) < 4.78 is 1.78. The molecule has 4 nitrogen and oxygen atoms in total. The lowest BCUT2D eigenvalue weighted by molar-refractivity contribution is -0.139. The van der Waals surface area contributed by atoms with Crippen molar-refractivity contribution in [2.75, 3.05) is 0 Å². The lowest BCUT2D eigenvalue weighted by Gasteiger charge is -2.19. The smallest absolute Gasteiger partial charge is 0.312 e. The molecule has 2 rings (SSSR count). The zero-order valence-corrected chi connectivity index (χ0v) is 6.60. The summed E-state index contributed by atoms with van der Waals surface area (Å²) >= 11 is 0. The van der Waals surface area contributed by atoms with Crippen LogP contribution in [0.5, 0.6) is 0 Å². The van der Waals surface area contributed by atoms with Gasteiger partial charge in [0, 0.05) is 12.7 Å². The van der Waals surface area contributed by atoms with Gasteiger partial charge in [-0.25, -0.2) is 0 Å². The highest BCUT2D eigenvalue weighted by atomic mass is 16.4. The predicted molar refractivity (Wildman–Crippen MR) is 41.8 cm³/mol. The van der Waals surface area contributed by atoms with Crippen LogP contribution in [0.2, 0.25) is 0 Å². The summed E-state index contributed by atoms with van der Waals surface area (Å²) in [5.41, 5.74) is 0.841. The molecule has 1 aliphatic rings. The van der Waals surface area contributed by atoms with Gasteiger partial charge < -0.3 is 5.11 Å².